The molecule has 10 heteroatoms. The molecule has 0 fully saturated rings. The SMILES string of the molecule is NC(=O)NCCOC(=O)C(Oc1cccc(C(F)(F)F)c1)c1ccc(Cl)cc1. The number of nitrogens with one attached hydrogen (secondary N) is 1. The number of nitrogens with two attached hydrogens (primary N) is 1. The summed E-state index contributed by atoms with van der Waals surface area (Å²) in [6.45, 7) is -0.226. The fourth-order valence-electron chi connectivity index (χ4n) is 2.17. The number of esters is 1. The van der Waals surface area contributed by atoms with Crippen molar-refractivity contribution in [3.63, 3.8) is 0 Å². The highest BCUT2D eigenvalue weighted by molar-refractivity contribution is 6.30. The van der Waals surface area contributed by atoms with Gasteiger partial charge in [0.2, 0.25) is 6.10 Å². The van der Waals surface area contributed by atoms with E-state index in [1.54, 1.807) is 0 Å². The number of amides is 2. The Morgan fingerprint density at radius 2 is 1.82 bits per heavy atom. The van der Waals surface area contributed by atoms with Gasteiger partial charge in [-0.3, -0.25) is 0 Å². The summed E-state index contributed by atoms with van der Waals surface area (Å²) in [4.78, 5) is 23.0. The lowest BCUT2D eigenvalue weighted by Crippen LogP contribution is -2.33. The Bertz CT molecular complexity index is 828. The standard InChI is InChI=1S/C18H16ClF3N2O4/c19-13-6-4-11(5-7-13)15(16(25)27-9-8-24-17(23)26)28-14-3-1-2-12(10-14)18(20,21)22/h1-7,10,15H,8-9H2,(H3,23,24,26). The van der Waals surface area contributed by atoms with Crippen molar-refractivity contribution in [3.8, 4) is 5.75 Å². The van der Waals surface area contributed by atoms with Gasteiger partial charge < -0.3 is 20.5 Å². The highest BCUT2D eigenvalue weighted by Gasteiger charge is 2.31. The van der Waals surface area contributed by atoms with Crippen LogP contribution in [-0.4, -0.2) is 25.2 Å². The van der Waals surface area contributed by atoms with E-state index < -0.39 is 29.8 Å². The first-order valence-electron chi connectivity index (χ1n) is 7.96. The molecule has 28 heavy (non-hydrogen) atoms. The molecule has 1 unspecified atom stereocenters. The van der Waals surface area contributed by atoms with E-state index in [4.69, 9.17) is 26.8 Å². The van der Waals surface area contributed by atoms with Crippen LogP contribution >= 0.6 is 11.6 Å². The number of primary amides is 1. The van der Waals surface area contributed by atoms with Crippen LogP contribution in [0.25, 0.3) is 0 Å². The minimum absolute atomic E-state index is 0.0298. The molecule has 0 saturated carbocycles. The van der Waals surface area contributed by atoms with Gasteiger partial charge in [0.05, 0.1) is 12.1 Å². The largest absolute Gasteiger partial charge is 0.474 e. The Balaban J connectivity index is 2.20. The second kappa shape index (κ2) is 9.32. The van der Waals surface area contributed by atoms with Crippen LogP contribution in [0, 0.1) is 0 Å². The molecule has 0 aliphatic heterocycles. The van der Waals surface area contributed by atoms with Crippen LogP contribution in [0.4, 0.5) is 18.0 Å². The highest BCUT2D eigenvalue weighted by Crippen LogP contribution is 2.33. The summed E-state index contributed by atoms with van der Waals surface area (Å²) in [5.74, 6) is -1.02. The molecule has 2 aromatic carbocycles. The van der Waals surface area contributed by atoms with E-state index in [0.717, 1.165) is 12.1 Å². The number of carbonyl (C=O) groups is 2. The Kier molecular flexibility index (Phi) is 7.11. The first-order chi connectivity index (χ1) is 13.2. The lowest BCUT2D eigenvalue weighted by atomic mass is 10.1. The van der Waals surface area contributed by atoms with Crippen molar-refractivity contribution < 1.29 is 32.2 Å². The maximum absolute atomic E-state index is 12.9. The minimum Gasteiger partial charge on any atom is -0.474 e. The molecule has 150 valence electrons. The molecule has 0 bridgehead atoms. The lowest BCUT2D eigenvalue weighted by Gasteiger charge is -2.19. The van der Waals surface area contributed by atoms with Gasteiger partial charge in [0.15, 0.2) is 0 Å². The van der Waals surface area contributed by atoms with Gasteiger partial charge in [-0.25, -0.2) is 9.59 Å². The van der Waals surface area contributed by atoms with Crippen LogP contribution in [0.5, 0.6) is 5.75 Å². The topological polar surface area (TPSA) is 90.7 Å². The van der Waals surface area contributed by atoms with E-state index in [2.05, 4.69) is 5.32 Å². The van der Waals surface area contributed by atoms with Crippen molar-refractivity contribution >= 4 is 23.6 Å². The quantitative estimate of drug-likeness (QED) is 0.532. The van der Waals surface area contributed by atoms with Crippen LogP contribution in [0.1, 0.15) is 17.2 Å². The molecule has 0 aliphatic carbocycles. The van der Waals surface area contributed by atoms with Gasteiger partial charge in [-0.15, -0.1) is 0 Å². The number of alkyl halides is 3. The normalized spacial score (nSPS) is 12.1. The number of benzene rings is 2. The van der Waals surface area contributed by atoms with E-state index in [1.807, 2.05) is 0 Å². The number of rotatable bonds is 7. The van der Waals surface area contributed by atoms with E-state index in [0.29, 0.717) is 10.6 Å². The fourth-order valence-corrected chi connectivity index (χ4v) is 2.30. The summed E-state index contributed by atoms with van der Waals surface area (Å²) in [6.07, 6.45) is -5.90. The van der Waals surface area contributed by atoms with Crippen LogP contribution in [0.3, 0.4) is 0 Å². The number of ether oxygens (including phenoxy) is 2. The van der Waals surface area contributed by atoms with Gasteiger partial charge in [-0.1, -0.05) is 29.8 Å². The summed E-state index contributed by atoms with van der Waals surface area (Å²) in [6, 6.07) is 9.32. The molecular weight excluding hydrogens is 401 g/mol. The molecule has 2 aromatic rings. The number of hydrogen-bond donors (Lipinski definition) is 2. The second-order valence-corrected chi connectivity index (χ2v) is 5.97. The lowest BCUT2D eigenvalue weighted by molar-refractivity contribution is -0.152. The molecule has 0 radical (unpaired) electrons. The molecule has 0 aliphatic rings. The van der Waals surface area contributed by atoms with Crippen LogP contribution < -0.4 is 15.8 Å². The zero-order chi connectivity index (χ0) is 20.7. The molecule has 2 rings (SSSR count). The predicted molar refractivity (Wildman–Crippen MR) is 94.8 cm³/mol. The van der Waals surface area contributed by atoms with E-state index in [9.17, 15) is 22.8 Å². The average Bonchev–Trinajstić information content (AvgIpc) is 2.63. The van der Waals surface area contributed by atoms with Crippen LogP contribution in [-0.2, 0) is 15.7 Å². The van der Waals surface area contributed by atoms with Gasteiger partial charge in [-0.05, 0) is 30.3 Å². The van der Waals surface area contributed by atoms with Gasteiger partial charge in [0, 0.05) is 10.6 Å². The maximum Gasteiger partial charge on any atom is 0.416 e. The Morgan fingerprint density at radius 3 is 2.43 bits per heavy atom. The molecule has 1 atom stereocenters. The first kappa shape index (κ1) is 21.4. The maximum atomic E-state index is 12.9. The van der Waals surface area contributed by atoms with Crippen molar-refractivity contribution in [1.29, 1.82) is 0 Å². The summed E-state index contributed by atoms with van der Waals surface area (Å²) < 4.78 is 49.2. The van der Waals surface area contributed by atoms with Crippen molar-refractivity contribution in [2.45, 2.75) is 12.3 Å². The molecule has 0 heterocycles. The zero-order valence-electron chi connectivity index (χ0n) is 14.3. The van der Waals surface area contributed by atoms with Crippen molar-refractivity contribution in [2.24, 2.45) is 5.73 Å². The van der Waals surface area contributed by atoms with Gasteiger partial charge in [0.1, 0.15) is 12.4 Å². The third-order valence-electron chi connectivity index (χ3n) is 3.45. The molecule has 2 amide bonds. The first-order valence-corrected chi connectivity index (χ1v) is 8.34. The number of hydrogen-bond acceptors (Lipinski definition) is 4. The number of carbonyl (C=O) groups excluding carboxylic acids is 2. The monoisotopic (exact) mass is 416 g/mol. The van der Waals surface area contributed by atoms with Gasteiger partial charge in [0.25, 0.3) is 0 Å². The summed E-state index contributed by atoms with van der Waals surface area (Å²) in [7, 11) is 0. The molecule has 0 saturated heterocycles. The summed E-state index contributed by atoms with van der Waals surface area (Å²) in [5.41, 5.74) is 4.32. The van der Waals surface area contributed by atoms with Gasteiger partial charge in [-0.2, -0.15) is 13.2 Å². The molecular formula is C18H16ClF3N2O4. The third kappa shape index (κ3) is 6.34. The molecule has 3 N–H and O–H groups in total. The zero-order valence-corrected chi connectivity index (χ0v) is 15.1. The second-order valence-electron chi connectivity index (χ2n) is 5.53. The molecule has 0 spiro atoms. The minimum atomic E-state index is -4.56. The Labute approximate surface area is 163 Å². The van der Waals surface area contributed by atoms with E-state index in [1.165, 1.54) is 36.4 Å². The van der Waals surface area contributed by atoms with Crippen LogP contribution in [0.15, 0.2) is 48.5 Å². The van der Waals surface area contributed by atoms with E-state index in [-0.39, 0.29) is 18.9 Å². The summed E-state index contributed by atoms with van der Waals surface area (Å²) in [5, 5.41) is 2.64. The average molecular weight is 417 g/mol. The van der Waals surface area contributed by atoms with Crippen molar-refractivity contribution in [3.05, 3.63) is 64.7 Å². The smallest absolute Gasteiger partial charge is 0.416 e. The number of urea groups is 1. The fraction of sp³-hybridized carbons (Fsp3) is 0.222. The van der Waals surface area contributed by atoms with Crippen molar-refractivity contribution in [2.75, 3.05) is 13.2 Å². The van der Waals surface area contributed by atoms with Crippen LogP contribution in [0.2, 0.25) is 5.02 Å². The van der Waals surface area contributed by atoms with Gasteiger partial charge >= 0.3 is 18.2 Å². The Hall–Kier alpha value is -2.94. The third-order valence-corrected chi connectivity index (χ3v) is 3.70. The molecule has 0 aromatic heterocycles. The Morgan fingerprint density at radius 1 is 1.14 bits per heavy atom. The van der Waals surface area contributed by atoms with E-state index >= 15 is 0 Å². The highest BCUT2D eigenvalue weighted by atomic mass is 35.5. The number of halogens is 4. The molecule has 6 nitrogen and oxygen atoms in total. The predicted octanol–water partition coefficient (Wildman–Crippen LogP) is 3.69. The van der Waals surface area contributed by atoms with Crippen molar-refractivity contribution in [1.82, 2.24) is 5.32 Å². The summed E-state index contributed by atoms with van der Waals surface area (Å²) >= 11 is 5.83.